The maximum atomic E-state index is 13.1. The SMILES string of the molecule is N#Cc1ccc(N[C@@H]2CC(=O)N(Cc3ccccc3C(F)(F)F)C2)nc1. The molecule has 5 nitrogen and oxygen atoms in total. The van der Waals surface area contributed by atoms with Crippen LogP contribution in [0.25, 0.3) is 0 Å². The summed E-state index contributed by atoms with van der Waals surface area (Å²) < 4.78 is 39.3. The van der Waals surface area contributed by atoms with Crippen molar-refractivity contribution in [3.63, 3.8) is 0 Å². The van der Waals surface area contributed by atoms with Crippen LogP contribution in [0.4, 0.5) is 19.0 Å². The number of aromatic nitrogens is 1. The zero-order valence-electron chi connectivity index (χ0n) is 13.6. The Morgan fingerprint density at radius 3 is 2.69 bits per heavy atom. The Hall–Kier alpha value is -3.08. The van der Waals surface area contributed by atoms with Crippen LogP contribution in [0.1, 0.15) is 23.1 Å². The quantitative estimate of drug-likeness (QED) is 0.909. The van der Waals surface area contributed by atoms with Crippen molar-refractivity contribution in [1.82, 2.24) is 9.88 Å². The highest BCUT2D eigenvalue weighted by Crippen LogP contribution is 2.33. The van der Waals surface area contributed by atoms with E-state index in [0.29, 0.717) is 11.4 Å². The molecule has 1 atom stereocenters. The fraction of sp³-hybridized carbons (Fsp3) is 0.278. The number of hydrogen-bond acceptors (Lipinski definition) is 4. The van der Waals surface area contributed by atoms with Crippen molar-refractivity contribution < 1.29 is 18.0 Å². The van der Waals surface area contributed by atoms with Crippen molar-refractivity contribution in [3.05, 3.63) is 59.3 Å². The average Bonchev–Trinajstić information content (AvgIpc) is 2.94. The fourth-order valence-corrected chi connectivity index (χ4v) is 2.92. The molecular formula is C18H15F3N4O. The van der Waals surface area contributed by atoms with E-state index in [2.05, 4.69) is 10.3 Å². The number of pyridine rings is 1. The molecule has 1 amide bonds. The lowest BCUT2D eigenvalue weighted by Crippen LogP contribution is -2.28. The van der Waals surface area contributed by atoms with Gasteiger partial charge in [0.05, 0.1) is 17.2 Å². The van der Waals surface area contributed by atoms with E-state index in [1.165, 1.54) is 29.3 Å². The summed E-state index contributed by atoms with van der Waals surface area (Å²) in [6.07, 6.45) is -2.87. The van der Waals surface area contributed by atoms with Gasteiger partial charge in [0.1, 0.15) is 11.9 Å². The Morgan fingerprint density at radius 2 is 2.04 bits per heavy atom. The van der Waals surface area contributed by atoms with Crippen LogP contribution < -0.4 is 5.32 Å². The first-order chi connectivity index (χ1) is 12.4. The molecule has 134 valence electrons. The van der Waals surface area contributed by atoms with Crippen LogP contribution in [0.2, 0.25) is 0 Å². The summed E-state index contributed by atoms with van der Waals surface area (Å²) in [5.74, 6) is 0.299. The number of nitriles is 1. The molecule has 1 aromatic carbocycles. The van der Waals surface area contributed by atoms with Crippen molar-refractivity contribution in [1.29, 1.82) is 5.26 Å². The highest BCUT2D eigenvalue weighted by atomic mass is 19.4. The molecule has 2 heterocycles. The number of anilines is 1. The molecule has 0 saturated carbocycles. The van der Waals surface area contributed by atoms with E-state index in [1.54, 1.807) is 12.1 Å². The highest BCUT2D eigenvalue weighted by molar-refractivity contribution is 5.80. The molecule has 8 heteroatoms. The molecule has 0 aliphatic carbocycles. The largest absolute Gasteiger partial charge is 0.416 e. The first kappa shape index (κ1) is 17.7. The van der Waals surface area contributed by atoms with Gasteiger partial charge in [0.2, 0.25) is 5.91 Å². The minimum Gasteiger partial charge on any atom is -0.365 e. The van der Waals surface area contributed by atoms with Gasteiger partial charge in [0, 0.05) is 25.7 Å². The van der Waals surface area contributed by atoms with Crippen molar-refractivity contribution >= 4 is 11.7 Å². The number of carbonyl (C=O) groups excluding carboxylic acids is 1. The number of carbonyl (C=O) groups is 1. The van der Waals surface area contributed by atoms with Crippen LogP contribution in [0.5, 0.6) is 0 Å². The van der Waals surface area contributed by atoms with E-state index >= 15 is 0 Å². The monoisotopic (exact) mass is 360 g/mol. The van der Waals surface area contributed by atoms with Gasteiger partial charge in [-0.05, 0) is 23.8 Å². The maximum absolute atomic E-state index is 13.1. The summed E-state index contributed by atoms with van der Waals surface area (Å²) >= 11 is 0. The molecule has 2 aromatic rings. The lowest BCUT2D eigenvalue weighted by atomic mass is 10.1. The number of nitrogens with one attached hydrogen (secondary N) is 1. The number of alkyl halides is 3. The summed E-state index contributed by atoms with van der Waals surface area (Å²) in [6.45, 7) is 0.195. The molecule has 0 unspecified atom stereocenters. The van der Waals surface area contributed by atoms with E-state index < -0.39 is 11.7 Å². The Balaban J connectivity index is 1.68. The molecule has 1 aliphatic heterocycles. The second kappa shape index (κ2) is 7.04. The van der Waals surface area contributed by atoms with Crippen LogP contribution in [0.3, 0.4) is 0 Å². The van der Waals surface area contributed by atoms with Crippen molar-refractivity contribution in [2.45, 2.75) is 25.2 Å². The van der Waals surface area contributed by atoms with Crippen molar-refractivity contribution in [2.75, 3.05) is 11.9 Å². The second-order valence-corrected chi connectivity index (χ2v) is 6.02. The molecule has 1 aromatic heterocycles. The van der Waals surface area contributed by atoms with Crippen LogP contribution in [0, 0.1) is 11.3 Å². The first-order valence-corrected chi connectivity index (χ1v) is 7.92. The zero-order valence-corrected chi connectivity index (χ0v) is 13.6. The fourth-order valence-electron chi connectivity index (χ4n) is 2.92. The average molecular weight is 360 g/mol. The number of hydrogen-bond donors (Lipinski definition) is 1. The molecule has 3 rings (SSSR count). The Bertz CT molecular complexity index is 843. The highest BCUT2D eigenvalue weighted by Gasteiger charge is 2.35. The molecule has 0 spiro atoms. The Morgan fingerprint density at radius 1 is 1.27 bits per heavy atom. The Labute approximate surface area is 148 Å². The number of halogens is 3. The van der Waals surface area contributed by atoms with Crippen LogP contribution >= 0.6 is 0 Å². The molecule has 1 N–H and O–H groups in total. The predicted octanol–water partition coefficient (Wildman–Crippen LogP) is 3.19. The third kappa shape index (κ3) is 3.94. The van der Waals surface area contributed by atoms with Gasteiger partial charge in [-0.3, -0.25) is 4.79 Å². The lowest BCUT2D eigenvalue weighted by molar-refractivity contribution is -0.139. The van der Waals surface area contributed by atoms with E-state index in [9.17, 15) is 18.0 Å². The topological polar surface area (TPSA) is 69.0 Å². The molecule has 0 bridgehead atoms. The molecule has 0 radical (unpaired) electrons. The molecular weight excluding hydrogens is 345 g/mol. The van der Waals surface area contributed by atoms with Crippen LogP contribution in [-0.2, 0) is 17.5 Å². The number of amides is 1. The van der Waals surface area contributed by atoms with E-state index in [1.807, 2.05) is 6.07 Å². The standard InChI is InChI=1S/C18H15F3N4O/c19-18(20,21)15-4-2-1-3-13(15)10-25-11-14(7-17(25)26)24-16-6-5-12(8-22)9-23-16/h1-6,9,14H,7,10-11H2,(H,23,24)/t14-/m1/s1. The summed E-state index contributed by atoms with van der Waals surface area (Å²) in [4.78, 5) is 17.7. The third-order valence-electron chi connectivity index (χ3n) is 4.14. The van der Waals surface area contributed by atoms with Gasteiger partial charge < -0.3 is 10.2 Å². The first-order valence-electron chi connectivity index (χ1n) is 7.92. The molecule has 1 fully saturated rings. The van der Waals surface area contributed by atoms with Gasteiger partial charge in [-0.1, -0.05) is 18.2 Å². The third-order valence-corrected chi connectivity index (χ3v) is 4.14. The van der Waals surface area contributed by atoms with E-state index in [0.717, 1.165) is 6.07 Å². The molecule has 1 saturated heterocycles. The number of benzene rings is 1. The zero-order chi connectivity index (χ0) is 18.7. The smallest absolute Gasteiger partial charge is 0.365 e. The van der Waals surface area contributed by atoms with Gasteiger partial charge in [0.25, 0.3) is 0 Å². The summed E-state index contributed by atoms with van der Waals surface area (Å²) in [6, 6.07) is 10.2. The van der Waals surface area contributed by atoms with Crippen LogP contribution in [0.15, 0.2) is 42.6 Å². The maximum Gasteiger partial charge on any atom is 0.416 e. The van der Waals surface area contributed by atoms with Gasteiger partial charge in [-0.15, -0.1) is 0 Å². The second-order valence-electron chi connectivity index (χ2n) is 6.02. The lowest BCUT2D eigenvalue weighted by Gasteiger charge is -2.20. The number of nitrogens with zero attached hydrogens (tertiary/aromatic N) is 3. The van der Waals surface area contributed by atoms with Crippen molar-refractivity contribution in [3.8, 4) is 6.07 Å². The van der Waals surface area contributed by atoms with Gasteiger partial charge in [-0.2, -0.15) is 18.4 Å². The van der Waals surface area contributed by atoms with Crippen molar-refractivity contribution in [2.24, 2.45) is 0 Å². The van der Waals surface area contributed by atoms with Gasteiger partial charge >= 0.3 is 6.18 Å². The van der Waals surface area contributed by atoms with Gasteiger partial charge in [-0.25, -0.2) is 4.98 Å². The summed E-state index contributed by atoms with van der Waals surface area (Å²) in [7, 11) is 0. The van der Waals surface area contributed by atoms with E-state index in [4.69, 9.17) is 5.26 Å². The predicted molar refractivity (Wildman–Crippen MR) is 87.8 cm³/mol. The number of rotatable bonds is 4. The molecule has 1 aliphatic rings. The minimum atomic E-state index is -4.45. The molecule has 26 heavy (non-hydrogen) atoms. The normalized spacial score (nSPS) is 17.2. The van der Waals surface area contributed by atoms with Gasteiger partial charge in [0.15, 0.2) is 0 Å². The van der Waals surface area contributed by atoms with E-state index in [-0.39, 0.29) is 37.0 Å². The number of likely N-dealkylation sites (tertiary alicyclic amines) is 1. The van der Waals surface area contributed by atoms with Crippen LogP contribution in [-0.4, -0.2) is 28.4 Å². The Kier molecular flexibility index (Phi) is 4.80. The summed E-state index contributed by atoms with van der Waals surface area (Å²) in [5, 5.41) is 11.8. The summed E-state index contributed by atoms with van der Waals surface area (Å²) in [5.41, 5.74) is -0.230. The minimum absolute atomic E-state index is 0.0745.